The molecule has 3 atom stereocenters. The summed E-state index contributed by atoms with van der Waals surface area (Å²) in [4.78, 5) is 63.2. The van der Waals surface area contributed by atoms with Gasteiger partial charge in [0.2, 0.25) is 17.7 Å². The zero-order valence-corrected chi connectivity index (χ0v) is 16.1. The average molecular weight is 391 g/mol. The Bertz CT molecular complexity index is 703. The van der Waals surface area contributed by atoms with E-state index in [1.54, 1.807) is 0 Å². The van der Waals surface area contributed by atoms with Crippen LogP contribution in [0.2, 0.25) is 0 Å². The molecule has 0 unspecified atom stereocenters. The number of carbonyl (C=O) groups excluding carboxylic acids is 5. The number of esters is 1. The van der Waals surface area contributed by atoms with Crippen molar-refractivity contribution in [2.75, 3.05) is 20.2 Å². The third-order valence-electron chi connectivity index (χ3n) is 5.36. The first kappa shape index (κ1) is 20.0. The van der Waals surface area contributed by atoms with Crippen LogP contribution in [0.4, 0.5) is 0 Å². The molecule has 0 bridgehead atoms. The van der Waals surface area contributed by atoms with Gasteiger partial charge < -0.3 is 15.0 Å². The van der Waals surface area contributed by atoms with E-state index in [1.807, 2.05) is 12.2 Å². The summed E-state index contributed by atoms with van der Waals surface area (Å²) in [6.07, 6.45) is 6.61. The second kappa shape index (κ2) is 8.12. The highest BCUT2D eigenvalue weighted by Crippen LogP contribution is 2.36. The standard InChI is InChI=1S/C19H25N3O6/c1-11(22-17(25)13-5-3-4-6-14(13)18(22)26)19(27)28-10-16(24)21(2)9-15(23)20-12-7-8-12/h3-4,11-14H,5-10H2,1-2H3,(H,20,23)/t11-,13+,14+/m0/s1. The van der Waals surface area contributed by atoms with Gasteiger partial charge in [0.1, 0.15) is 6.04 Å². The Morgan fingerprint density at radius 2 is 1.75 bits per heavy atom. The maximum absolute atomic E-state index is 12.5. The van der Waals surface area contributed by atoms with E-state index >= 15 is 0 Å². The Hall–Kier alpha value is -2.71. The van der Waals surface area contributed by atoms with Gasteiger partial charge in [0.25, 0.3) is 5.91 Å². The van der Waals surface area contributed by atoms with E-state index in [9.17, 15) is 24.0 Å². The lowest BCUT2D eigenvalue weighted by atomic mass is 9.85. The van der Waals surface area contributed by atoms with Gasteiger partial charge in [-0.15, -0.1) is 0 Å². The minimum Gasteiger partial charge on any atom is -0.454 e. The van der Waals surface area contributed by atoms with E-state index in [-0.39, 0.29) is 30.3 Å². The van der Waals surface area contributed by atoms with Gasteiger partial charge in [-0.1, -0.05) is 12.2 Å². The summed E-state index contributed by atoms with van der Waals surface area (Å²) in [5, 5.41) is 2.77. The molecular formula is C19H25N3O6. The smallest absolute Gasteiger partial charge is 0.329 e. The molecule has 1 saturated carbocycles. The lowest BCUT2D eigenvalue weighted by Crippen LogP contribution is -2.45. The highest BCUT2D eigenvalue weighted by atomic mass is 16.5. The molecule has 0 aromatic heterocycles. The third kappa shape index (κ3) is 4.23. The van der Waals surface area contributed by atoms with Crippen LogP contribution in [0.25, 0.3) is 0 Å². The van der Waals surface area contributed by atoms with Crippen molar-refractivity contribution in [1.29, 1.82) is 0 Å². The second-order valence-corrected chi connectivity index (χ2v) is 7.58. The number of carbonyl (C=O) groups is 5. The predicted octanol–water partition coefficient (Wildman–Crippen LogP) is -0.394. The SMILES string of the molecule is C[C@@H](C(=O)OCC(=O)N(C)CC(=O)NC1CC1)N1C(=O)[C@@H]2CC=CC[C@H]2C1=O. The Labute approximate surface area is 163 Å². The Kier molecular flexibility index (Phi) is 5.81. The molecule has 28 heavy (non-hydrogen) atoms. The Morgan fingerprint density at radius 3 is 2.29 bits per heavy atom. The van der Waals surface area contributed by atoms with Crippen molar-refractivity contribution in [3.8, 4) is 0 Å². The summed E-state index contributed by atoms with van der Waals surface area (Å²) >= 11 is 0. The van der Waals surface area contributed by atoms with Gasteiger partial charge in [-0.3, -0.25) is 24.1 Å². The number of ether oxygens (including phenoxy) is 1. The lowest BCUT2D eigenvalue weighted by molar-refractivity contribution is -0.161. The maximum atomic E-state index is 12.5. The molecule has 0 spiro atoms. The first-order valence-electron chi connectivity index (χ1n) is 9.51. The summed E-state index contributed by atoms with van der Waals surface area (Å²) in [6.45, 7) is 0.739. The number of nitrogens with zero attached hydrogens (tertiary/aromatic N) is 2. The van der Waals surface area contributed by atoms with E-state index in [0.717, 1.165) is 17.7 Å². The van der Waals surface area contributed by atoms with Crippen LogP contribution in [-0.4, -0.2) is 71.7 Å². The van der Waals surface area contributed by atoms with Gasteiger partial charge in [0, 0.05) is 13.1 Å². The monoisotopic (exact) mass is 391 g/mol. The molecule has 0 aromatic rings. The van der Waals surface area contributed by atoms with Gasteiger partial charge in [-0.25, -0.2) is 4.79 Å². The van der Waals surface area contributed by atoms with Crippen LogP contribution in [0.15, 0.2) is 12.2 Å². The van der Waals surface area contributed by atoms with Crippen LogP contribution in [0.3, 0.4) is 0 Å². The number of allylic oxidation sites excluding steroid dienone is 2. The number of rotatable bonds is 7. The highest BCUT2D eigenvalue weighted by molar-refractivity contribution is 6.08. The number of hydrogen-bond acceptors (Lipinski definition) is 6. The first-order chi connectivity index (χ1) is 13.3. The molecule has 3 rings (SSSR count). The van der Waals surface area contributed by atoms with Gasteiger partial charge >= 0.3 is 5.97 Å². The molecule has 9 heteroatoms. The molecule has 2 aliphatic carbocycles. The van der Waals surface area contributed by atoms with Crippen molar-refractivity contribution in [3.05, 3.63) is 12.2 Å². The summed E-state index contributed by atoms with van der Waals surface area (Å²) in [5.74, 6) is -3.22. The molecule has 1 N–H and O–H groups in total. The molecule has 0 radical (unpaired) electrons. The van der Waals surface area contributed by atoms with Crippen LogP contribution in [-0.2, 0) is 28.7 Å². The fourth-order valence-electron chi connectivity index (χ4n) is 3.48. The van der Waals surface area contributed by atoms with Crippen molar-refractivity contribution in [2.45, 2.75) is 44.7 Å². The van der Waals surface area contributed by atoms with Crippen molar-refractivity contribution in [1.82, 2.24) is 15.1 Å². The fraction of sp³-hybridized carbons (Fsp3) is 0.632. The van der Waals surface area contributed by atoms with Crippen LogP contribution in [0, 0.1) is 11.8 Å². The number of likely N-dealkylation sites (N-methyl/N-ethyl adjacent to an activating group) is 1. The van der Waals surface area contributed by atoms with Crippen molar-refractivity contribution in [2.24, 2.45) is 11.8 Å². The van der Waals surface area contributed by atoms with Crippen LogP contribution >= 0.6 is 0 Å². The fourth-order valence-corrected chi connectivity index (χ4v) is 3.48. The minimum absolute atomic E-state index is 0.123. The molecule has 1 saturated heterocycles. The quantitative estimate of drug-likeness (QED) is 0.359. The van der Waals surface area contributed by atoms with Crippen molar-refractivity contribution in [3.63, 3.8) is 0 Å². The molecule has 4 amide bonds. The Balaban J connectivity index is 1.48. The summed E-state index contributed by atoms with van der Waals surface area (Å²) in [6, 6.07) is -0.897. The van der Waals surface area contributed by atoms with Crippen LogP contribution < -0.4 is 5.32 Å². The molecule has 9 nitrogen and oxygen atoms in total. The van der Waals surface area contributed by atoms with Crippen molar-refractivity contribution >= 4 is 29.6 Å². The number of imide groups is 1. The third-order valence-corrected chi connectivity index (χ3v) is 5.36. The molecular weight excluding hydrogens is 366 g/mol. The van der Waals surface area contributed by atoms with E-state index in [2.05, 4.69) is 5.32 Å². The van der Waals surface area contributed by atoms with Gasteiger partial charge in [0.05, 0.1) is 18.4 Å². The molecule has 152 valence electrons. The summed E-state index contributed by atoms with van der Waals surface area (Å²) in [7, 11) is 1.44. The summed E-state index contributed by atoms with van der Waals surface area (Å²) < 4.78 is 5.00. The number of hydrogen-bond donors (Lipinski definition) is 1. The largest absolute Gasteiger partial charge is 0.454 e. The summed E-state index contributed by atoms with van der Waals surface area (Å²) in [5.41, 5.74) is 0. The number of likely N-dealkylation sites (tertiary alicyclic amines) is 1. The van der Waals surface area contributed by atoms with Crippen LogP contribution in [0.1, 0.15) is 32.6 Å². The van der Waals surface area contributed by atoms with E-state index in [4.69, 9.17) is 4.74 Å². The molecule has 0 aromatic carbocycles. The van der Waals surface area contributed by atoms with Crippen molar-refractivity contribution < 1.29 is 28.7 Å². The lowest BCUT2D eigenvalue weighted by Gasteiger charge is -2.22. The zero-order chi connectivity index (χ0) is 20.4. The molecule has 1 aliphatic heterocycles. The Morgan fingerprint density at radius 1 is 1.18 bits per heavy atom. The zero-order valence-electron chi connectivity index (χ0n) is 16.1. The first-order valence-corrected chi connectivity index (χ1v) is 9.51. The highest BCUT2D eigenvalue weighted by Gasteiger charge is 2.50. The van der Waals surface area contributed by atoms with Gasteiger partial charge in [-0.2, -0.15) is 0 Å². The number of fused-ring (bicyclic) bond motifs is 1. The topological polar surface area (TPSA) is 113 Å². The average Bonchev–Trinajstić information content (AvgIpc) is 3.44. The number of amides is 4. The second-order valence-electron chi connectivity index (χ2n) is 7.58. The van der Waals surface area contributed by atoms with Crippen LogP contribution in [0.5, 0.6) is 0 Å². The predicted molar refractivity (Wildman–Crippen MR) is 96.4 cm³/mol. The number of nitrogens with one attached hydrogen (secondary N) is 1. The molecule has 3 aliphatic rings. The minimum atomic E-state index is -1.10. The molecule has 1 heterocycles. The van der Waals surface area contributed by atoms with E-state index in [1.165, 1.54) is 18.9 Å². The van der Waals surface area contributed by atoms with Gasteiger partial charge in [-0.05, 0) is 32.6 Å². The normalized spacial score (nSPS) is 24.6. The van der Waals surface area contributed by atoms with Gasteiger partial charge in [0.15, 0.2) is 6.61 Å². The molecule has 2 fully saturated rings. The van der Waals surface area contributed by atoms with E-state index in [0.29, 0.717) is 12.8 Å². The maximum Gasteiger partial charge on any atom is 0.329 e. The van der Waals surface area contributed by atoms with E-state index < -0.39 is 36.4 Å².